The maximum atomic E-state index is 5.89. The summed E-state index contributed by atoms with van der Waals surface area (Å²) in [5.41, 5.74) is 2.68. The molecule has 0 bridgehead atoms. The maximum Gasteiger partial charge on any atom is 0.244 e. The summed E-state index contributed by atoms with van der Waals surface area (Å²) >= 11 is 5.89. The van der Waals surface area contributed by atoms with Gasteiger partial charge in [0.05, 0.1) is 6.20 Å². The average Bonchev–Trinajstić information content (AvgIpc) is 2.63. The number of halogens is 1. The van der Waals surface area contributed by atoms with E-state index in [9.17, 15) is 0 Å². The number of hydrogen-bond donors (Lipinski definition) is 2. The molecule has 126 valence electrons. The van der Waals surface area contributed by atoms with Crippen LogP contribution < -0.4 is 10.6 Å². The number of nitrogens with zero attached hydrogens (tertiary/aromatic N) is 3. The van der Waals surface area contributed by atoms with Crippen molar-refractivity contribution in [2.75, 3.05) is 17.2 Å². The molecular formula is C18H22ClN5. The Morgan fingerprint density at radius 1 is 1.08 bits per heavy atom. The zero-order valence-electron chi connectivity index (χ0n) is 13.6. The lowest BCUT2D eigenvalue weighted by Gasteiger charge is -2.13. The van der Waals surface area contributed by atoms with Gasteiger partial charge in [-0.25, -0.2) is 0 Å². The van der Waals surface area contributed by atoms with E-state index >= 15 is 0 Å². The van der Waals surface area contributed by atoms with Crippen molar-refractivity contribution in [3.8, 4) is 0 Å². The van der Waals surface area contributed by atoms with E-state index in [4.69, 9.17) is 11.6 Å². The molecule has 0 unspecified atom stereocenters. The molecular weight excluding hydrogens is 322 g/mol. The van der Waals surface area contributed by atoms with E-state index in [0.717, 1.165) is 23.6 Å². The highest BCUT2D eigenvalue weighted by Gasteiger charge is 2.05. The monoisotopic (exact) mass is 343 g/mol. The molecule has 1 aliphatic rings. The summed E-state index contributed by atoms with van der Waals surface area (Å²) in [6, 6.07) is 7.73. The van der Waals surface area contributed by atoms with Crippen LogP contribution in [0.1, 0.15) is 37.7 Å². The predicted octanol–water partition coefficient (Wildman–Crippen LogP) is 4.44. The lowest BCUT2D eigenvalue weighted by molar-refractivity contribution is 0.678. The van der Waals surface area contributed by atoms with E-state index in [1.165, 1.54) is 25.7 Å². The number of anilines is 2. The first-order valence-corrected chi connectivity index (χ1v) is 8.77. The van der Waals surface area contributed by atoms with Gasteiger partial charge in [-0.05, 0) is 49.8 Å². The van der Waals surface area contributed by atoms with Gasteiger partial charge in [0, 0.05) is 18.1 Å². The van der Waals surface area contributed by atoms with Gasteiger partial charge in [0.2, 0.25) is 5.95 Å². The standard InChI is InChI=1S/C18H22ClN5/c19-16-8-6-15(7-9-16)12-21-17-13-22-24-18(23-17)20-11-10-14-4-2-1-3-5-14/h4,6-9,13H,1-3,5,10-12H2,(H2,20,21,23,24). The van der Waals surface area contributed by atoms with Crippen LogP contribution in [0.3, 0.4) is 0 Å². The summed E-state index contributed by atoms with van der Waals surface area (Å²) in [4.78, 5) is 4.45. The van der Waals surface area contributed by atoms with Crippen LogP contribution in [0.5, 0.6) is 0 Å². The van der Waals surface area contributed by atoms with E-state index in [0.29, 0.717) is 18.3 Å². The van der Waals surface area contributed by atoms with Crippen LogP contribution in [0.2, 0.25) is 5.02 Å². The van der Waals surface area contributed by atoms with Crippen LogP contribution in [-0.4, -0.2) is 21.7 Å². The average molecular weight is 344 g/mol. The Morgan fingerprint density at radius 2 is 1.96 bits per heavy atom. The van der Waals surface area contributed by atoms with Crippen molar-refractivity contribution in [2.24, 2.45) is 0 Å². The Labute approximate surface area is 147 Å². The second-order valence-electron chi connectivity index (χ2n) is 5.93. The zero-order chi connectivity index (χ0) is 16.6. The molecule has 5 nitrogen and oxygen atoms in total. The van der Waals surface area contributed by atoms with Crippen molar-refractivity contribution in [2.45, 2.75) is 38.6 Å². The summed E-state index contributed by atoms with van der Waals surface area (Å²) in [5.74, 6) is 1.27. The molecule has 0 aliphatic heterocycles. The fraction of sp³-hybridized carbons (Fsp3) is 0.389. The van der Waals surface area contributed by atoms with Gasteiger partial charge in [-0.3, -0.25) is 0 Å². The fourth-order valence-electron chi connectivity index (χ4n) is 2.73. The third-order valence-corrected chi connectivity index (χ3v) is 4.31. The number of aromatic nitrogens is 3. The summed E-state index contributed by atoms with van der Waals surface area (Å²) < 4.78 is 0. The molecule has 1 aromatic carbocycles. The number of hydrogen-bond acceptors (Lipinski definition) is 5. The highest BCUT2D eigenvalue weighted by atomic mass is 35.5. The Hall–Kier alpha value is -2.14. The number of rotatable bonds is 7. The van der Waals surface area contributed by atoms with Crippen LogP contribution >= 0.6 is 11.6 Å². The van der Waals surface area contributed by atoms with Gasteiger partial charge in [0.25, 0.3) is 0 Å². The normalized spacial score (nSPS) is 14.1. The Balaban J connectivity index is 1.48. The number of allylic oxidation sites excluding steroid dienone is 1. The van der Waals surface area contributed by atoms with Crippen molar-refractivity contribution in [1.29, 1.82) is 0 Å². The van der Waals surface area contributed by atoms with Crippen molar-refractivity contribution in [3.63, 3.8) is 0 Å². The van der Waals surface area contributed by atoms with Gasteiger partial charge in [0.15, 0.2) is 5.82 Å². The van der Waals surface area contributed by atoms with Gasteiger partial charge >= 0.3 is 0 Å². The molecule has 1 aliphatic carbocycles. The van der Waals surface area contributed by atoms with Crippen molar-refractivity contribution in [3.05, 3.63) is 52.7 Å². The van der Waals surface area contributed by atoms with E-state index in [-0.39, 0.29) is 0 Å². The van der Waals surface area contributed by atoms with Crippen LogP contribution in [-0.2, 0) is 6.54 Å². The van der Waals surface area contributed by atoms with Crippen molar-refractivity contribution >= 4 is 23.4 Å². The fourth-order valence-corrected chi connectivity index (χ4v) is 2.85. The summed E-state index contributed by atoms with van der Waals surface area (Å²) in [7, 11) is 0. The molecule has 2 N–H and O–H groups in total. The third-order valence-electron chi connectivity index (χ3n) is 4.06. The largest absolute Gasteiger partial charge is 0.365 e. The van der Waals surface area contributed by atoms with Gasteiger partial charge in [-0.15, -0.1) is 5.10 Å². The van der Waals surface area contributed by atoms with Gasteiger partial charge in [0.1, 0.15) is 0 Å². The van der Waals surface area contributed by atoms with Crippen LogP contribution in [0.25, 0.3) is 0 Å². The Morgan fingerprint density at radius 3 is 2.75 bits per heavy atom. The third kappa shape index (κ3) is 5.20. The van der Waals surface area contributed by atoms with E-state index in [1.807, 2.05) is 24.3 Å². The molecule has 1 heterocycles. The minimum Gasteiger partial charge on any atom is -0.365 e. The first kappa shape index (κ1) is 16.7. The number of benzene rings is 1. The van der Waals surface area contributed by atoms with Gasteiger partial charge < -0.3 is 10.6 Å². The molecule has 2 aromatic rings. The highest BCUT2D eigenvalue weighted by Crippen LogP contribution is 2.19. The molecule has 0 radical (unpaired) electrons. The van der Waals surface area contributed by atoms with E-state index in [2.05, 4.69) is 31.9 Å². The molecule has 0 atom stereocenters. The predicted molar refractivity (Wildman–Crippen MR) is 98.3 cm³/mol. The topological polar surface area (TPSA) is 62.7 Å². The molecule has 0 spiro atoms. The molecule has 0 amide bonds. The first-order valence-electron chi connectivity index (χ1n) is 8.39. The Bertz CT molecular complexity index is 684. The summed E-state index contributed by atoms with van der Waals surface area (Å²) in [5, 5.41) is 15.3. The molecule has 0 saturated carbocycles. The van der Waals surface area contributed by atoms with Crippen molar-refractivity contribution in [1.82, 2.24) is 15.2 Å². The van der Waals surface area contributed by atoms with E-state index in [1.54, 1.807) is 11.8 Å². The first-order chi connectivity index (χ1) is 11.8. The molecule has 6 heteroatoms. The van der Waals surface area contributed by atoms with Crippen LogP contribution in [0.4, 0.5) is 11.8 Å². The summed E-state index contributed by atoms with van der Waals surface area (Å²) in [6.07, 6.45) is 10.1. The molecule has 0 fully saturated rings. The number of nitrogens with one attached hydrogen (secondary N) is 2. The zero-order valence-corrected chi connectivity index (χ0v) is 14.4. The quantitative estimate of drug-likeness (QED) is 0.728. The van der Waals surface area contributed by atoms with E-state index < -0.39 is 0 Å². The minimum atomic E-state index is 0.563. The Kier molecular flexibility index (Phi) is 6.01. The van der Waals surface area contributed by atoms with Gasteiger partial charge in [-0.2, -0.15) is 10.1 Å². The maximum absolute atomic E-state index is 5.89. The molecule has 24 heavy (non-hydrogen) atoms. The van der Waals surface area contributed by atoms with Crippen LogP contribution in [0, 0.1) is 0 Å². The lowest BCUT2D eigenvalue weighted by Crippen LogP contribution is -2.10. The van der Waals surface area contributed by atoms with Gasteiger partial charge in [-0.1, -0.05) is 35.4 Å². The lowest BCUT2D eigenvalue weighted by atomic mass is 9.97. The minimum absolute atomic E-state index is 0.563. The second-order valence-corrected chi connectivity index (χ2v) is 6.37. The summed E-state index contributed by atoms with van der Waals surface area (Å²) in [6.45, 7) is 1.51. The van der Waals surface area contributed by atoms with Crippen molar-refractivity contribution < 1.29 is 0 Å². The second kappa shape index (κ2) is 8.64. The highest BCUT2D eigenvalue weighted by molar-refractivity contribution is 6.30. The molecule has 1 aromatic heterocycles. The molecule has 3 rings (SSSR count). The molecule has 0 saturated heterocycles. The van der Waals surface area contributed by atoms with Crippen LogP contribution in [0.15, 0.2) is 42.1 Å². The SMILES string of the molecule is Clc1ccc(CNc2cnnc(NCCC3=CCCCC3)n2)cc1. The smallest absolute Gasteiger partial charge is 0.244 e.